The molecule has 20 heavy (non-hydrogen) atoms. The summed E-state index contributed by atoms with van der Waals surface area (Å²) in [5.74, 6) is -0.0611. The zero-order chi connectivity index (χ0) is 14.8. The first kappa shape index (κ1) is 15.0. The Morgan fingerprint density at radius 1 is 1.25 bits per heavy atom. The molecule has 2 atom stereocenters. The van der Waals surface area contributed by atoms with Gasteiger partial charge in [0.05, 0.1) is 12.6 Å². The van der Waals surface area contributed by atoms with Crippen molar-refractivity contribution in [2.45, 2.75) is 39.3 Å². The highest BCUT2D eigenvalue weighted by Gasteiger charge is 2.32. The molecular formula is C15H20ClN3O. The van der Waals surface area contributed by atoms with Gasteiger partial charge < -0.3 is 5.11 Å². The summed E-state index contributed by atoms with van der Waals surface area (Å²) in [7, 11) is 0. The van der Waals surface area contributed by atoms with Gasteiger partial charge in [0.2, 0.25) is 0 Å². The van der Waals surface area contributed by atoms with Gasteiger partial charge in [-0.15, -0.1) is 0 Å². The summed E-state index contributed by atoms with van der Waals surface area (Å²) >= 11 is 5.94. The first-order chi connectivity index (χ1) is 9.38. The summed E-state index contributed by atoms with van der Waals surface area (Å²) in [5, 5.41) is 15.5. The van der Waals surface area contributed by atoms with Crippen molar-refractivity contribution in [2.75, 3.05) is 0 Å². The van der Waals surface area contributed by atoms with Gasteiger partial charge in [-0.05, 0) is 23.1 Å². The number of hydrogen-bond acceptors (Lipinski definition) is 3. The maximum absolute atomic E-state index is 10.7. The predicted molar refractivity (Wildman–Crippen MR) is 79.7 cm³/mol. The van der Waals surface area contributed by atoms with E-state index < -0.39 is 6.10 Å². The third kappa shape index (κ3) is 3.58. The normalized spacial score (nSPS) is 15.1. The number of nitrogens with zero attached hydrogens (tertiary/aromatic N) is 3. The van der Waals surface area contributed by atoms with Gasteiger partial charge in [-0.3, -0.25) is 4.68 Å². The number of halogens is 1. The van der Waals surface area contributed by atoms with Crippen LogP contribution in [0.4, 0.5) is 0 Å². The Balaban J connectivity index is 2.30. The second-order valence-electron chi connectivity index (χ2n) is 6.09. The molecule has 2 aromatic rings. The van der Waals surface area contributed by atoms with Crippen LogP contribution in [0.5, 0.6) is 0 Å². The van der Waals surface area contributed by atoms with E-state index in [0.717, 1.165) is 5.56 Å². The number of aromatic nitrogens is 3. The molecule has 0 aliphatic rings. The van der Waals surface area contributed by atoms with Gasteiger partial charge in [0.25, 0.3) is 0 Å². The Hall–Kier alpha value is -1.39. The van der Waals surface area contributed by atoms with Gasteiger partial charge in [-0.2, -0.15) is 5.10 Å². The van der Waals surface area contributed by atoms with Gasteiger partial charge in [-0.25, -0.2) is 4.98 Å². The summed E-state index contributed by atoms with van der Waals surface area (Å²) in [6.45, 7) is 6.67. The SMILES string of the molecule is CC(C)(C)C(O)C(Cn1cncn1)c1ccc(Cl)cc1. The maximum Gasteiger partial charge on any atom is 0.137 e. The monoisotopic (exact) mass is 293 g/mol. The van der Waals surface area contributed by atoms with Crippen LogP contribution in [0.3, 0.4) is 0 Å². The molecule has 0 amide bonds. The van der Waals surface area contributed by atoms with Crippen LogP contribution in [-0.4, -0.2) is 26.0 Å². The van der Waals surface area contributed by atoms with Crippen LogP contribution in [0.2, 0.25) is 5.02 Å². The lowest BCUT2D eigenvalue weighted by Crippen LogP contribution is -2.34. The lowest BCUT2D eigenvalue weighted by molar-refractivity contribution is 0.0324. The Labute approximate surface area is 124 Å². The van der Waals surface area contributed by atoms with Crippen molar-refractivity contribution in [3.63, 3.8) is 0 Å². The third-order valence-electron chi connectivity index (χ3n) is 3.42. The molecule has 1 aromatic heterocycles. The molecular weight excluding hydrogens is 274 g/mol. The fraction of sp³-hybridized carbons (Fsp3) is 0.467. The Bertz CT molecular complexity index is 531. The van der Waals surface area contributed by atoms with Crippen LogP contribution in [0.25, 0.3) is 0 Å². The lowest BCUT2D eigenvalue weighted by atomic mass is 9.78. The highest BCUT2D eigenvalue weighted by Crippen LogP contribution is 2.33. The predicted octanol–water partition coefficient (Wildman–Crippen LogP) is 3.12. The Kier molecular flexibility index (Phi) is 4.45. The van der Waals surface area contributed by atoms with Crippen LogP contribution in [0.1, 0.15) is 32.3 Å². The van der Waals surface area contributed by atoms with Gasteiger partial charge in [0.15, 0.2) is 0 Å². The molecule has 0 radical (unpaired) electrons. The second-order valence-corrected chi connectivity index (χ2v) is 6.52. The minimum Gasteiger partial charge on any atom is -0.392 e. The highest BCUT2D eigenvalue weighted by atomic mass is 35.5. The molecule has 0 saturated heterocycles. The van der Waals surface area contributed by atoms with E-state index in [1.807, 2.05) is 45.0 Å². The number of aliphatic hydroxyl groups excluding tert-OH is 1. The van der Waals surface area contributed by atoms with Crippen LogP contribution < -0.4 is 0 Å². The van der Waals surface area contributed by atoms with Crippen molar-refractivity contribution >= 4 is 11.6 Å². The Morgan fingerprint density at radius 3 is 2.40 bits per heavy atom. The van der Waals surface area contributed by atoms with Crippen LogP contribution in [0.15, 0.2) is 36.9 Å². The van der Waals surface area contributed by atoms with Crippen molar-refractivity contribution in [3.05, 3.63) is 47.5 Å². The molecule has 2 unspecified atom stereocenters. The summed E-state index contributed by atoms with van der Waals surface area (Å²) in [4.78, 5) is 3.95. The van der Waals surface area contributed by atoms with E-state index in [1.54, 1.807) is 11.0 Å². The zero-order valence-corrected chi connectivity index (χ0v) is 12.7. The summed E-state index contributed by atoms with van der Waals surface area (Å²) in [6, 6.07) is 7.61. The van der Waals surface area contributed by atoms with Crippen molar-refractivity contribution in [1.29, 1.82) is 0 Å². The van der Waals surface area contributed by atoms with Crippen LogP contribution >= 0.6 is 11.6 Å². The van der Waals surface area contributed by atoms with Crippen molar-refractivity contribution < 1.29 is 5.11 Å². The molecule has 0 fully saturated rings. The summed E-state index contributed by atoms with van der Waals surface area (Å²) in [6.07, 6.45) is 2.67. The maximum atomic E-state index is 10.7. The quantitative estimate of drug-likeness (QED) is 0.942. The molecule has 0 spiro atoms. The standard InChI is InChI=1S/C15H20ClN3O/c1-15(2,3)14(20)13(8-19-10-17-9-18-19)11-4-6-12(16)7-5-11/h4-7,9-10,13-14,20H,8H2,1-3H3. The lowest BCUT2D eigenvalue weighted by Gasteiger charge is -2.33. The smallest absolute Gasteiger partial charge is 0.137 e. The van der Waals surface area contributed by atoms with Crippen LogP contribution in [0, 0.1) is 5.41 Å². The summed E-state index contributed by atoms with van der Waals surface area (Å²) in [5.41, 5.74) is 0.831. The molecule has 2 rings (SSSR count). The topological polar surface area (TPSA) is 50.9 Å². The van der Waals surface area contributed by atoms with E-state index in [1.165, 1.54) is 6.33 Å². The molecule has 0 bridgehead atoms. The molecule has 1 aromatic carbocycles. The third-order valence-corrected chi connectivity index (χ3v) is 3.67. The van der Waals surface area contributed by atoms with Crippen molar-refractivity contribution in [2.24, 2.45) is 5.41 Å². The van der Waals surface area contributed by atoms with Crippen LogP contribution in [-0.2, 0) is 6.54 Å². The molecule has 1 N–H and O–H groups in total. The average Bonchev–Trinajstić information content (AvgIpc) is 2.88. The van der Waals surface area contributed by atoms with Gasteiger partial charge >= 0.3 is 0 Å². The molecule has 0 saturated carbocycles. The molecule has 5 heteroatoms. The Morgan fingerprint density at radius 2 is 1.90 bits per heavy atom. The van der Waals surface area contributed by atoms with Crippen molar-refractivity contribution in [3.8, 4) is 0 Å². The fourth-order valence-electron chi connectivity index (χ4n) is 2.23. The van der Waals surface area contributed by atoms with E-state index in [0.29, 0.717) is 11.6 Å². The number of benzene rings is 1. The first-order valence-electron chi connectivity index (χ1n) is 6.64. The molecule has 108 valence electrons. The second kappa shape index (κ2) is 5.94. The summed E-state index contributed by atoms with van der Waals surface area (Å²) < 4.78 is 1.74. The number of rotatable bonds is 4. The highest BCUT2D eigenvalue weighted by molar-refractivity contribution is 6.30. The molecule has 0 aliphatic heterocycles. The van der Waals surface area contributed by atoms with E-state index in [9.17, 15) is 5.11 Å². The number of hydrogen-bond donors (Lipinski definition) is 1. The first-order valence-corrected chi connectivity index (χ1v) is 7.01. The van der Waals surface area contributed by atoms with E-state index >= 15 is 0 Å². The van der Waals surface area contributed by atoms with Crippen molar-refractivity contribution in [1.82, 2.24) is 14.8 Å². The van der Waals surface area contributed by atoms with E-state index in [4.69, 9.17) is 11.6 Å². The average molecular weight is 294 g/mol. The molecule has 0 aliphatic carbocycles. The minimum atomic E-state index is -0.493. The fourth-order valence-corrected chi connectivity index (χ4v) is 2.36. The zero-order valence-electron chi connectivity index (χ0n) is 12.0. The minimum absolute atomic E-state index is 0.0611. The molecule has 4 nitrogen and oxygen atoms in total. The number of aliphatic hydroxyl groups is 1. The van der Waals surface area contributed by atoms with Gasteiger partial charge in [-0.1, -0.05) is 44.5 Å². The largest absolute Gasteiger partial charge is 0.392 e. The molecule has 1 heterocycles. The van der Waals surface area contributed by atoms with E-state index in [2.05, 4.69) is 10.1 Å². The van der Waals surface area contributed by atoms with E-state index in [-0.39, 0.29) is 11.3 Å². The van der Waals surface area contributed by atoms with Gasteiger partial charge in [0, 0.05) is 10.9 Å². The van der Waals surface area contributed by atoms with Gasteiger partial charge in [0.1, 0.15) is 12.7 Å².